The van der Waals surface area contributed by atoms with Crippen LogP contribution in [0.1, 0.15) is 27.8 Å². The molecule has 158 valence electrons. The lowest BCUT2D eigenvalue weighted by Crippen LogP contribution is -2.32. The van der Waals surface area contributed by atoms with Gasteiger partial charge in [0.15, 0.2) is 0 Å². The fourth-order valence-electron chi connectivity index (χ4n) is 2.95. The third-order valence-corrected chi connectivity index (χ3v) is 4.47. The molecule has 0 fully saturated rings. The Kier molecular flexibility index (Phi) is 7.17. The van der Waals surface area contributed by atoms with Gasteiger partial charge < -0.3 is 10.1 Å². The Morgan fingerprint density at radius 2 is 1.48 bits per heavy atom. The Bertz CT molecular complexity index is 1070. The van der Waals surface area contributed by atoms with E-state index in [1.54, 1.807) is 12.1 Å². The second-order valence-corrected chi connectivity index (χ2v) is 7.37. The van der Waals surface area contributed by atoms with Gasteiger partial charge in [0.05, 0.1) is 6.21 Å². The number of carbonyl (C=O) groups excluding carboxylic acids is 2. The Balaban J connectivity index is 1.47. The minimum absolute atomic E-state index is 0.485. The molecule has 0 aliphatic heterocycles. The number of hydrazone groups is 1. The number of carbonyl (C=O) groups is 2. The first kappa shape index (κ1) is 21.8. The molecule has 0 saturated carbocycles. The first-order valence-electron chi connectivity index (χ1n) is 9.90. The Hall–Kier alpha value is -3.93. The van der Waals surface area contributed by atoms with Crippen molar-refractivity contribution < 1.29 is 14.3 Å². The molecule has 31 heavy (non-hydrogen) atoms. The van der Waals surface area contributed by atoms with Crippen molar-refractivity contribution in [2.45, 2.75) is 27.4 Å². The Morgan fingerprint density at radius 1 is 0.839 bits per heavy atom. The van der Waals surface area contributed by atoms with Gasteiger partial charge >= 0.3 is 11.8 Å². The van der Waals surface area contributed by atoms with E-state index in [0.29, 0.717) is 12.3 Å². The topological polar surface area (TPSA) is 79.8 Å². The number of hydrogen-bond acceptors (Lipinski definition) is 4. The second kappa shape index (κ2) is 10.2. The molecule has 0 aliphatic carbocycles. The lowest BCUT2D eigenvalue weighted by Gasteiger charge is -2.07. The van der Waals surface area contributed by atoms with Crippen molar-refractivity contribution in [2.24, 2.45) is 5.10 Å². The molecule has 0 saturated heterocycles. The number of aryl methyl sites for hydroxylation is 3. The third kappa shape index (κ3) is 6.82. The quantitative estimate of drug-likeness (QED) is 0.358. The maximum absolute atomic E-state index is 12.0. The fraction of sp³-hybridized carbons (Fsp3) is 0.160. The van der Waals surface area contributed by atoms with E-state index in [9.17, 15) is 9.59 Å². The summed E-state index contributed by atoms with van der Waals surface area (Å²) in [6.45, 7) is 6.38. The van der Waals surface area contributed by atoms with E-state index in [0.717, 1.165) is 28.0 Å². The predicted molar refractivity (Wildman–Crippen MR) is 122 cm³/mol. The van der Waals surface area contributed by atoms with Gasteiger partial charge in [0.2, 0.25) is 0 Å². The van der Waals surface area contributed by atoms with Gasteiger partial charge in [-0.05, 0) is 79.4 Å². The molecule has 2 N–H and O–H groups in total. The van der Waals surface area contributed by atoms with Crippen molar-refractivity contribution in [1.29, 1.82) is 0 Å². The van der Waals surface area contributed by atoms with Gasteiger partial charge in [-0.1, -0.05) is 35.9 Å². The number of hydrogen-bond donors (Lipinski definition) is 2. The van der Waals surface area contributed by atoms with Crippen LogP contribution in [-0.4, -0.2) is 18.0 Å². The average Bonchev–Trinajstić information content (AvgIpc) is 2.73. The summed E-state index contributed by atoms with van der Waals surface area (Å²) in [5.41, 5.74) is 7.87. The molecule has 0 unspecified atom stereocenters. The molecule has 0 bridgehead atoms. The first-order valence-corrected chi connectivity index (χ1v) is 9.90. The molecule has 0 spiro atoms. The molecular weight excluding hydrogens is 390 g/mol. The van der Waals surface area contributed by atoms with Crippen LogP contribution in [0.4, 0.5) is 5.69 Å². The fourth-order valence-corrected chi connectivity index (χ4v) is 2.95. The van der Waals surface area contributed by atoms with E-state index in [4.69, 9.17) is 4.74 Å². The summed E-state index contributed by atoms with van der Waals surface area (Å²) in [5, 5.41) is 6.41. The number of rotatable bonds is 6. The normalized spacial score (nSPS) is 10.7. The van der Waals surface area contributed by atoms with Crippen LogP contribution < -0.4 is 15.5 Å². The van der Waals surface area contributed by atoms with Crippen LogP contribution in [-0.2, 0) is 16.2 Å². The van der Waals surface area contributed by atoms with Crippen molar-refractivity contribution >= 4 is 23.7 Å². The van der Waals surface area contributed by atoms with Crippen LogP contribution in [0.5, 0.6) is 5.75 Å². The van der Waals surface area contributed by atoms with Gasteiger partial charge in [-0.3, -0.25) is 9.59 Å². The molecule has 6 nitrogen and oxygen atoms in total. The highest BCUT2D eigenvalue weighted by Crippen LogP contribution is 2.15. The van der Waals surface area contributed by atoms with Gasteiger partial charge in [-0.2, -0.15) is 5.10 Å². The number of anilines is 1. The van der Waals surface area contributed by atoms with Crippen molar-refractivity contribution in [1.82, 2.24) is 5.43 Å². The summed E-state index contributed by atoms with van der Waals surface area (Å²) >= 11 is 0. The first-order chi connectivity index (χ1) is 14.9. The standard InChI is InChI=1S/C25H25N3O3/c1-17-4-6-21(7-5-17)16-31-23-10-8-20(9-11-23)15-26-28-25(30)24(29)27-22-13-18(2)12-19(3)14-22/h4-15H,16H2,1-3H3,(H,27,29)(H,28,30). The zero-order valence-electron chi connectivity index (χ0n) is 17.8. The maximum atomic E-state index is 12.0. The van der Waals surface area contributed by atoms with Gasteiger partial charge in [0, 0.05) is 5.69 Å². The highest BCUT2D eigenvalue weighted by molar-refractivity contribution is 6.39. The highest BCUT2D eigenvalue weighted by Gasteiger charge is 2.13. The zero-order valence-corrected chi connectivity index (χ0v) is 17.8. The summed E-state index contributed by atoms with van der Waals surface area (Å²) in [7, 11) is 0. The molecule has 0 atom stereocenters. The molecule has 2 amide bonds. The van der Waals surface area contributed by atoms with Gasteiger partial charge in [0.25, 0.3) is 0 Å². The molecule has 3 rings (SSSR count). The summed E-state index contributed by atoms with van der Waals surface area (Å²) in [5.74, 6) is -0.884. The molecule has 0 radical (unpaired) electrons. The largest absolute Gasteiger partial charge is 0.489 e. The monoisotopic (exact) mass is 415 g/mol. The number of benzene rings is 3. The molecule has 0 heterocycles. The number of ether oxygens (including phenoxy) is 1. The lowest BCUT2D eigenvalue weighted by atomic mass is 10.1. The van der Waals surface area contributed by atoms with E-state index in [1.165, 1.54) is 11.8 Å². The van der Waals surface area contributed by atoms with Gasteiger partial charge in [-0.15, -0.1) is 0 Å². The molecule has 3 aromatic rings. The van der Waals surface area contributed by atoms with Crippen LogP contribution in [0.2, 0.25) is 0 Å². The smallest absolute Gasteiger partial charge is 0.329 e. The number of nitrogens with zero attached hydrogens (tertiary/aromatic N) is 1. The lowest BCUT2D eigenvalue weighted by molar-refractivity contribution is -0.136. The molecule has 0 aromatic heterocycles. The highest BCUT2D eigenvalue weighted by atomic mass is 16.5. The van der Waals surface area contributed by atoms with Gasteiger partial charge in [-0.25, -0.2) is 5.43 Å². The van der Waals surface area contributed by atoms with Crippen molar-refractivity contribution in [2.75, 3.05) is 5.32 Å². The molecule has 6 heteroatoms. The van der Waals surface area contributed by atoms with Crippen LogP contribution in [0.25, 0.3) is 0 Å². The molecule has 0 aliphatic rings. The van der Waals surface area contributed by atoms with Crippen LogP contribution >= 0.6 is 0 Å². The molecular formula is C25H25N3O3. The van der Waals surface area contributed by atoms with Crippen molar-refractivity contribution in [3.63, 3.8) is 0 Å². The number of amides is 2. The average molecular weight is 415 g/mol. The number of nitrogens with one attached hydrogen (secondary N) is 2. The summed E-state index contributed by atoms with van der Waals surface area (Å²) in [6.07, 6.45) is 1.46. The minimum atomic E-state index is -0.839. The maximum Gasteiger partial charge on any atom is 0.329 e. The minimum Gasteiger partial charge on any atom is -0.489 e. The molecule has 3 aromatic carbocycles. The van der Waals surface area contributed by atoms with Crippen LogP contribution in [0.3, 0.4) is 0 Å². The summed E-state index contributed by atoms with van der Waals surface area (Å²) in [4.78, 5) is 24.0. The third-order valence-electron chi connectivity index (χ3n) is 4.47. The SMILES string of the molecule is Cc1ccc(COc2ccc(C=NNC(=O)C(=O)Nc3cc(C)cc(C)c3)cc2)cc1. The van der Waals surface area contributed by atoms with Gasteiger partial charge in [0.1, 0.15) is 12.4 Å². The summed E-state index contributed by atoms with van der Waals surface area (Å²) in [6, 6.07) is 21.0. The van der Waals surface area contributed by atoms with E-state index in [1.807, 2.05) is 63.2 Å². The zero-order chi connectivity index (χ0) is 22.2. The summed E-state index contributed by atoms with van der Waals surface area (Å²) < 4.78 is 5.77. The predicted octanol–water partition coefficient (Wildman–Crippen LogP) is 4.28. The van der Waals surface area contributed by atoms with Crippen LogP contribution in [0, 0.1) is 20.8 Å². The van der Waals surface area contributed by atoms with E-state index >= 15 is 0 Å². The Labute approximate surface area is 182 Å². The van der Waals surface area contributed by atoms with E-state index in [-0.39, 0.29) is 0 Å². The van der Waals surface area contributed by atoms with E-state index in [2.05, 4.69) is 28.0 Å². The Morgan fingerprint density at radius 3 is 2.13 bits per heavy atom. The second-order valence-electron chi connectivity index (χ2n) is 7.37. The van der Waals surface area contributed by atoms with Crippen LogP contribution in [0.15, 0.2) is 71.8 Å². The van der Waals surface area contributed by atoms with Crippen molar-refractivity contribution in [3.05, 3.63) is 94.5 Å². The van der Waals surface area contributed by atoms with E-state index < -0.39 is 11.8 Å². The van der Waals surface area contributed by atoms with Crippen molar-refractivity contribution in [3.8, 4) is 5.75 Å².